The molecule has 0 atom stereocenters. The van der Waals surface area contributed by atoms with Gasteiger partial charge in [0.15, 0.2) is 0 Å². The van der Waals surface area contributed by atoms with Crippen LogP contribution in [0.1, 0.15) is 10.4 Å². The summed E-state index contributed by atoms with van der Waals surface area (Å²) >= 11 is 7.08. The van der Waals surface area contributed by atoms with Crippen LogP contribution in [0.3, 0.4) is 0 Å². The van der Waals surface area contributed by atoms with E-state index in [1.807, 2.05) is 0 Å². The molecule has 0 bridgehead atoms. The van der Waals surface area contributed by atoms with Crippen LogP contribution in [0.5, 0.6) is 0 Å². The summed E-state index contributed by atoms with van der Waals surface area (Å²) in [6.07, 6.45) is 0. The van der Waals surface area contributed by atoms with Crippen LogP contribution in [0.15, 0.2) is 34.5 Å². The van der Waals surface area contributed by atoms with Gasteiger partial charge in [-0.2, -0.15) is 0 Å². The molecule has 2 aromatic rings. The number of thiophene rings is 1. The molecule has 0 saturated carbocycles. The fourth-order valence-electron chi connectivity index (χ4n) is 1.90. The zero-order valence-electron chi connectivity index (χ0n) is 10.9. The number of hydrogen-bond acceptors (Lipinski definition) is 3. The van der Waals surface area contributed by atoms with Crippen LogP contribution in [-0.4, -0.2) is 15.5 Å². The lowest BCUT2D eigenvalue weighted by molar-refractivity contribution is 0.589. The van der Waals surface area contributed by atoms with E-state index in [9.17, 15) is 12.8 Å². The normalized spacial score (nSPS) is 11.6. The first-order valence-electron chi connectivity index (χ1n) is 5.76. The number of hydrogen-bond donors (Lipinski definition) is 0. The number of rotatable bonds is 4. The van der Waals surface area contributed by atoms with E-state index < -0.39 is 15.8 Å². The Labute approximate surface area is 126 Å². The molecule has 0 aliphatic carbocycles. The lowest BCUT2D eigenvalue weighted by Gasteiger charge is -2.20. The summed E-state index contributed by atoms with van der Waals surface area (Å²) < 4.78 is 40.0. The smallest absolute Gasteiger partial charge is 0.265 e. The SMILES string of the molecule is Cc1csc(CCl)c1S(=O)(=O)N(C)c1ccccc1F. The zero-order valence-corrected chi connectivity index (χ0v) is 13.3. The highest BCUT2D eigenvalue weighted by atomic mass is 35.5. The molecular formula is C13H13ClFNO2S2. The summed E-state index contributed by atoms with van der Waals surface area (Å²) in [6.45, 7) is 1.70. The van der Waals surface area contributed by atoms with E-state index >= 15 is 0 Å². The van der Waals surface area contributed by atoms with Crippen LogP contribution in [-0.2, 0) is 15.9 Å². The van der Waals surface area contributed by atoms with Crippen LogP contribution in [0, 0.1) is 12.7 Å². The number of anilines is 1. The quantitative estimate of drug-likeness (QED) is 0.799. The third kappa shape index (κ3) is 2.55. The number of benzene rings is 1. The molecule has 3 nitrogen and oxygen atoms in total. The van der Waals surface area contributed by atoms with Gasteiger partial charge in [-0.05, 0) is 30.0 Å². The predicted molar refractivity (Wildman–Crippen MR) is 80.6 cm³/mol. The molecule has 0 amide bonds. The molecule has 0 unspecified atom stereocenters. The molecule has 2 rings (SSSR count). The molecule has 0 N–H and O–H groups in total. The van der Waals surface area contributed by atoms with Gasteiger partial charge >= 0.3 is 0 Å². The van der Waals surface area contributed by atoms with Crippen LogP contribution < -0.4 is 4.31 Å². The van der Waals surface area contributed by atoms with Crippen molar-refractivity contribution in [2.75, 3.05) is 11.4 Å². The molecule has 0 fully saturated rings. The molecule has 0 spiro atoms. The maximum absolute atomic E-state index is 13.8. The largest absolute Gasteiger partial charge is 0.266 e. The highest BCUT2D eigenvalue weighted by Crippen LogP contribution is 2.32. The lowest BCUT2D eigenvalue weighted by Crippen LogP contribution is -2.28. The summed E-state index contributed by atoms with van der Waals surface area (Å²) in [5.41, 5.74) is 0.632. The third-order valence-corrected chi connectivity index (χ3v) is 6.58. The van der Waals surface area contributed by atoms with Crippen molar-refractivity contribution in [2.24, 2.45) is 0 Å². The highest BCUT2D eigenvalue weighted by Gasteiger charge is 2.28. The Hall–Kier alpha value is -1.11. The average Bonchev–Trinajstić information content (AvgIpc) is 2.80. The Bertz CT molecular complexity index is 728. The Morgan fingerprint density at radius 2 is 2.00 bits per heavy atom. The summed E-state index contributed by atoms with van der Waals surface area (Å²) in [5.74, 6) is -0.475. The Morgan fingerprint density at radius 3 is 2.60 bits per heavy atom. The molecular weight excluding hydrogens is 321 g/mol. The fraction of sp³-hybridized carbons (Fsp3) is 0.231. The standard InChI is InChI=1S/C13H13ClFNO2S2/c1-9-8-19-12(7-14)13(9)20(17,18)16(2)11-6-4-3-5-10(11)15/h3-6,8H,7H2,1-2H3. The molecule has 0 aliphatic heterocycles. The van der Waals surface area contributed by atoms with Gasteiger partial charge < -0.3 is 0 Å². The minimum Gasteiger partial charge on any atom is -0.266 e. The summed E-state index contributed by atoms with van der Waals surface area (Å²) in [4.78, 5) is 0.732. The fourth-order valence-corrected chi connectivity index (χ4v) is 5.11. The van der Waals surface area contributed by atoms with E-state index in [4.69, 9.17) is 11.6 Å². The summed E-state index contributed by atoms with van der Waals surface area (Å²) in [7, 11) is -2.49. The maximum atomic E-state index is 13.8. The Morgan fingerprint density at radius 1 is 1.35 bits per heavy atom. The molecule has 108 valence electrons. The van der Waals surface area contributed by atoms with Gasteiger partial charge in [-0.25, -0.2) is 12.8 Å². The number of alkyl halides is 1. The number of aryl methyl sites for hydroxylation is 1. The first-order chi connectivity index (χ1) is 9.39. The average molecular weight is 334 g/mol. The van der Waals surface area contributed by atoms with Crippen molar-refractivity contribution in [3.05, 3.63) is 45.9 Å². The summed E-state index contributed by atoms with van der Waals surface area (Å²) in [6, 6.07) is 5.76. The topological polar surface area (TPSA) is 37.4 Å². The minimum atomic E-state index is -3.83. The van der Waals surface area contributed by atoms with Crippen LogP contribution in [0.25, 0.3) is 0 Å². The van der Waals surface area contributed by atoms with Gasteiger partial charge in [-0.3, -0.25) is 4.31 Å². The molecule has 0 radical (unpaired) electrons. The predicted octanol–water partition coefficient (Wildman–Crippen LogP) is 3.76. The number of nitrogens with zero attached hydrogens (tertiary/aromatic N) is 1. The van der Waals surface area contributed by atoms with Gasteiger partial charge in [-0.15, -0.1) is 22.9 Å². The van der Waals surface area contributed by atoms with E-state index in [1.54, 1.807) is 18.4 Å². The van der Waals surface area contributed by atoms with Crippen molar-refractivity contribution in [3.63, 3.8) is 0 Å². The van der Waals surface area contributed by atoms with Gasteiger partial charge in [0, 0.05) is 11.9 Å². The molecule has 7 heteroatoms. The zero-order chi connectivity index (χ0) is 14.9. The van der Waals surface area contributed by atoms with E-state index in [0.29, 0.717) is 10.4 Å². The van der Waals surface area contributed by atoms with Crippen molar-refractivity contribution < 1.29 is 12.8 Å². The van der Waals surface area contributed by atoms with E-state index in [0.717, 1.165) is 4.31 Å². The second-order valence-electron chi connectivity index (χ2n) is 4.23. The van der Waals surface area contributed by atoms with E-state index in [2.05, 4.69) is 0 Å². The number of halogens is 2. The lowest BCUT2D eigenvalue weighted by atomic mass is 10.3. The van der Waals surface area contributed by atoms with Gasteiger partial charge in [0.25, 0.3) is 10.0 Å². The van der Waals surface area contributed by atoms with E-state index in [-0.39, 0.29) is 16.5 Å². The molecule has 20 heavy (non-hydrogen) atoms. The highest BCUT2D eigenvalue weighted by molar-refractivity contribution is 7.93. The molecule has 0 saturated heterocycles. The first kappa shape index (κ1) is 15.3. The van der Waals surface area contributed by atoms with E-state index in [1.165, 1.54) is 36.6 Å². The Kier molecular flexibility index (Phi) is 4.36. The molecule has 0 aliphatic rings. The minimum absolute atomic E-state index is 0.0126. The monoisotopic (exact) mass is 333 g/mol. The van der Waals surface area contributed by atoms with Crippen molar-refractivity contribution in [1.29, 1.82) is 0 Å². The van der Waals surface area contributed by atoms with Gasteiger partial charge in [0.1, 0.15) is 10.7 Å². The number of para-hydroxylation sites is 1. The van der Waals surface area contributed by atoms with Gasteiger partial charge in [0.2, 0.25) is 0 Å². The Balaban J connectivity index is 2.56. The van der Waals surface area contributed by atoms with Crippen molar-refractivity contribution in [2.45, 2.75) is 17.7 Å². The number of sulfonamides is 1. The second-order valence-corrected chi connectivity index (χ2v) is 7.37. The third-order valence-electron chi connectivity index (χ3n) is 2.92. The summed E-state index contributed by atoms with van der Waals surface area (Å²) in [5, 5.41) is 1.74. The molecule has 1 heterocycles. The van der Waals surface area contributed by atoms with Crippen molar-refractivity contribution in [1.82, 2.24) is 0 Å². The second kappa shape index (κ2) is 5.71. The van der Waals surface area contributed by atoms with Crippen molar-refractivity contribution >= 4 is 38.6 Å². The van der Waals surface area contributed by atoms with Crippen molar-refractivity contribution in [3.8, 4) is 0 Å². The van der Waals surface area contributed by atoms with Gasteiger partial charge in [-0.1, -0.05) is 12.1 Å². The molecule has 1 aromatic heterocycles. The van der Waals surface area contributed by atoms with Gasteiger partial charge in [0.05, 0.1) is 11.6 Å². The van der Waals surface area contributed by atoms with Crippen LogP contribution in [0.2, 0.25) is 0 Å². The molecule has 1 aromatic carbocycles. The maximum Gasteiger partial charge on any atom is 0.265 e. The van der Waals surface area contributed by atoms with Crippen LogP contribution >= 0.6 is 22.9 Å². The first-order valence-corrected chi connectivity index (χ1v) is 8.61. The van der Waals surface area contributed by atoms with Crippen LogP contribution in [0.4, 0.5) is 10.1 Å².